The van der Waals surface area contributed by atoms with Gasteiger partial charge in [-0.15, -0.1) is 0 Å². The molecule has 0 saturated heterocycles. The predicted octanol–water partition coefficient (Wildman–Crippen LogP) is 4.77. The summed E-state index contributed by atoms with van der Waals surface area (Å²) in [5.74, 6) is -21.4. The topological polar surface area (TPSA) is 52.6 Å². The van der Waals surface area contributed by atoms with Gasteiger partial charge in [0.2, 0.25) is 0 Å². The lowest BCUT2D eigenvalue weighted by molar-refractivity contribution is -0.344. The Balaban J connectivity index is 4.49. The van der Waals surface area contributed by atoms with Crippen molar-refractivity contribution in [3.05, 3.63) is 12.2 Å². The van der Waals surface area contributed by atoms with Crippen LogP contribution in [0.25, 0.3) is 0 Å². The SMILES string of the molecule is CCCCCCCOC(=O)/C=C/C(=O)OCC(F)(F)C(F)(F)C(F)(F)C(F)F. The van der Waals surface area contributed by atoms with E-state index in [1.165, 1.54) is 0 Å². The molecule has 0 saturated carbocycles. The molecule has 4 nitrogen and oxygen atoms in total. The number of unbranched alkanes of at least 4 members (excludes halogenated alkanes) is 4. The zero-order valence-corrected chi connectivity index (χ0v) is 14.8. The molecule has 0 rings (SSSR count). The largest absolute Gasteiger partial charge is 0.463 e. The van der Waals surface area contributed by atoms with Crippen LogP contribution in [-0.4, -0.2) is 49.3 Å². The normalized spacial score (nSPS) is 13.2. The van der Waals surface area contributed by atoms with Crippen molar-refractivity contribution in [2.24, 2.45) is 0 Å². The van der Waals surface area contributed by atoms with Crippen molar-refractivity contribution in [2.45, 2.75) is 63.2 Å². The first-order chi connectivity index (χ1) is 12.8. The lowest BCUT2D eigenvalue weighted by Crippen LogP contribution is -2.59. The van der Waals surface area contributed by atoms with Crippen molar-refractivity contribution < 1.29 is 54.2 Å². The number of rotatable bonds is 13. The minimum atomic E-state index is -6.48. The van der Waals surface area contributed by atoms with Gasteiger partial charge in [-0.1, -0.05) is 32.6 Å². The van der Waals surface area contributed by atoms with Crippen molar-refractivity contribution in [1.29, 1.82) is 0 Å². The maximum atomic E-state index is 13.2. The second-order valence-corrected chi connectivity index (χ2v) is 5.73. The molecule has 0 bridgehead atoms. The van der Waals surface area contributed by atoms with Crippen LogP contribution >= 0.6 is 0 Å². The van der Waals surface area contributed by atoms with Crippen LogP contribution in [-0.2, 0) is 19.1 Å². The molecule has 0 heterocycles. The van der Waals surface area contributed by atoms with Gasteiger partial charge >= 0.3 is 36.1 Å². The zero-order chi connectivity index (χ0) is 22.0. The van der Waals surface area contributed by atoms with Gasteiger partial charge in [0.05, 0.1) is 6.61 Å². The maximum Gasteiger partial charge on any atom is 0.381 e. The van der Waals surface area contributed by atoms with Crippen LogP contribution in [0, 0.1) is 0 Å². The number of carbonyl (C=O) groups excluding carboxylic acids is 2. The summed E-state index contributed by atoms with van der Waals surface area (Å²) in [6, 6.07) is 0. The second kappa shape index (κ2) is 11.2. The van der Waals surface area contributed by atoms with Crippen LogP contribution in [0.15, 0.2) is 12.2 Å². The Kier molecular flexibility index (Phi) is 10.4. The number of hydrogen-bond donors (Lipinski definition) is 0. The van der Waals surface area contributed by atoms with E-state index < -0.39 is 42.7 Å². The molecule has 0 aromatic carbocycles. The van der Waals surface area contributed by atoms with Gasteiger partial charge in [-0.2, -0.15) is 26.3 Å². The minimum Gasteiger partial charge on any atom is -0.463 e. The van der Waals surface area contributed by atoms with E-state index in [4.69, 9.17) is 0 Å². The average molecular weight is 428 g/mol. The standard InChI is InChI=1S/C16H20F8O4/c1-2-3-4-5-6-9-27-11(25)7-8-12(26)28-10-14(19,20)16(23,24)15(21,22)13(17)18/h7-8,13H,2-6,9-10H2,1H3/b8-7+. The highest BCUT2D eigenvalue weighted by Crippen LogP contribution is 2.48. The monoisotopic (exact) mass is 428 g/mol. The zero-order valence-electron chi connectivity index (χ0n) is 14.8. The lowest BCUT2D eigenvalue weighted by Gasteiger charge is -2.31. The first-order valence-electron chi connectivity index (χ1n) is 8.22. The fourth-order valence-electron chi connectivity index (χ4n) is 1.74. The summed E-state index contributed by atoms with van der Waals surface area (Å²) in [5.41, 5.74) is 0. The van der Waals surface area contributed by atoms with Gasteiger partial charge in [-0.05, 0) is 6.42 Å². The first-order valence-corrected chi connectivity index (χ1v) is 8.22. The van der Waals surface area contributed by atoms with Gasteiger partial charge in [0.15, 0.2) is 6.61 Å². The summed E-state index contributed by atoms with van der Waals surface area (Å²) < 4.78 is 110. The third-order valence-corrected chi connectivity index (χ3v) is 3.40. The van der Waals surface area contributed by atoms with E-state index in [1.54, 1.807) is 0 Å². The molecule has 0 spiro atoms. The van der Waals surface area contributed by atoms with Crippen molar-refractivity contribution in [1.82, 2.24) is 0 Å². The molecule has 0 aromatic rings. The highest BCUT2D eigenvalue weighted by Gasteiger charge is 2.75. The molecular formula is C16H20F8O4. The van der Waals surface area contributed by atoms with E-state index >= 15 is 0 Å². The molecule has 0 unspecified atom stereocenters. The van der Waals surface area contributed by atoms with Crippen molar-refractivity contribution in [3.63, 3.8) is 0 Å². The van der Waals surface area contributed by atoms with E-state index in [9.17, 15) is 44.7 Å². The number of esters is 2. The van der Waals surface area contributed by atoms with E-state index in [2.05, 4.69) is 9.47 Å². The molecule has 0 fully saturated rings. The molecule has 0 atom stereocenters. The number of carbonyl (C=O) groups is 2. The molecule has 0 amide bonds. The quantitative estimate of drug-likeness (QED) is 0.184. The van der Waals surface area contributed by atoms with E-state index in [0.717, 1.165) is 25.7 Å². The Bertz CT molecular complexity index is 535. The van der Waals surface area contributed by atoms with Crippen LogP contribution in [0.3, 0.4) is 0 Å². The third kappa shape index (κ3) is 7.63. The summed E-state index contributed by atoms with van der Waals surface area (Å²) in [6.45, 7) is -0.571. The molecule has 0 radical (unpaired) electrons. The molecule has 0 N–H and O–H groups in total. The van der Waals surface area contributed by atoms with Crippen molar-refractivity contribution in [3.8, 4) is 0 Å². The average Bonchev–Trinajstić information content (AvgIpc) is 2.60. The van der Waals surface area contributed by atoms with Crippen LogP contribution in [0.2, 0.25) is 0 Å². The van der Waals surface area contributed by atoms with Gasteiger partial charge < -0.3 is 9.47 Å². The van der Waals surface area contributed by atoms with Crippen LogP contribution in [0.5, 0.6) is 0 Å². The predicted molar refractivity (Wildman–Crippen MR) is 80.7 cm³/mol. The van der Waals surface area contributed by atoms with Crippen molar-refractivity contribution in [2.75, 3.05) is 13.2 Å². The van der Waals surface area contributed by atoms with E-state index in [1.807, 2.05) is 6.92 Å². The number of alkyl halides is 8. The summed E-state index contributed by atoms with van der Waals surface area (Å²) in [6.07, 6.45) is -0.0806. The van der Waals surface area contributed by atoms with Gasteiger partial charge in [0.1, 0.15) is 0 Å². The van der Waals surface area contributed by atoms with Crippen molar-refractivity contribution >= 4 is 11.9 Å². The van der Waals surface area contributed by atoms with Crippen LogP contribution in [0.1, 0.15) is 39.0 Å². The molecule has 0 aliphatic carbocycles. The summed E-state index contributed by atoms with van der Waals surface area (Å²) >= 11 is 0. The van der Waals surface area contributed by atoms with E-state index in [0.29, 0.717) is 12.5 Å². The number of hydrogen-bond acceptors (Lipinski definition) is 4. The van der Waals surface area contributed by atoms with Crippen LogP contribution < -0.4 is 0 Å². The molecule has 0 aromatic heterocycles. The molecular weight excluding hydrogens is 408 g/mol. The highest BCUT2D eigenvalue weighted by molar-refractivity contribution is 5.91. The Hall–Kier alpha value is -1.88. The maximum absolute atomic E-state index is 13.2. The fraction of sp³-hybridized carbons (Fsp3) is 0.750. The van der Waals surface area contributed by atoms with Gasteiger partial charge in [-0.3, -0.25) is 0 Å². The molecule has 164 valence electrons. The Morgan fingerprint density at radius 3 is 1.86 bits per heavy atom. The summed E-state index contributed by atoms with van der Waals surface area (Å²) in [7, 11) is 0. The van der Waals surface area contributed by atoms with Gasteiger partial charge in [-0.25, -0.2) is 18.4 Å². The first kappa shape index (κ1) is 26.1. The molecule has 28 heavy (non-hydrogen) atoms. The summed E-state index contributed by atoms with van der Waals surface area (Å²) in [5, 5.41) is 0. The Morgan fingerprint density at radius 1 is 0.857 bits per heavy atom. The lowest BCUT2D eigenvalue weighted by atomic mass is 10.1. The minimum absolute atomic E-state index is 0.0228. The van der Waals surface area contributed by atoms with Gasteiger partial charge in [0.25, 0.3) is 0 Å². The molecule has 0 aliphatic heterocycles. The Labute approximate surface area is 155 Å². The number of ether oxygens (including phenoxy) is 2. The second-order valence-electron chi connectivity index (χ2n) is 5.73. The highest BCUT2D eigenvalue weighted by atomic mass is 19.4. The number of halogens is 8. The van der Waals surface area contributed by atoms with Crippen LogP contribution in [0.4, 0.5) is 35.1 Å². The van der Waals surface area contributed by atoms with Gasteiger partial charge in [0, 0.05) is 12.2 Å². The molecule has 12 heteroatoms. The van der Waals surface area contributed by atoms with E-state index in [-0.39, 0.29) is 12.7 Å². The summed E-state index contributed by atoms with van der Waals surface area (Å²) in [4.78, 5) is 22.4. The Morgan fingerprint density at radius 2 is 1.36 bits per heavy atom. The smallest absolute Gasteiger partial charge is 0.381 e. The third-order valence-electron chi connectivity index (χ3n) is 3.40. The fourth-order valence-corrected chi connectivity index (χ4v) is 1.74. The molecule has 0 aliphatic rings.